The van der Waals surface area contributed by atoms with Gasteiger partial charge >= 0.3 is 0 Å². The molecule has 0 aromatic carbocycles. The Kier molecular flexibility index (Phi) is 3.12. The van der Waals surface area contributed by atoms with Crippen LogP contribution in [0.1, 0.15) is 27.2 Å². The molecule has 0 bridgehead atoms. The van der Waals surface area contributed by atoms with Crippen LogP contribution in [0.3, 0.4) is 0 Å². The summed E-state index contributed by atoms with van der Waals surface area (Å²) in [6.45, 7) is 11.0. The van der Waals surface area contributed by atoms with E-state index in [0.29, 0.717) is 24.3 Å². The number of carbonyl (C=O) groups excluding carboxylic acids is 1. The summed E-state index contributed by atoms with van der Waals surface area (Å²) in [6, 6.07) is 0.359. The first-order chi connectivity index (χ1) is 6.06. The molecule has 0 spiro atoms. The Morgan fingerprint density at radius 2 is 2.15 bits per heavy atom. The molecule has 0 radical (unpaired) electrons. The van der Waals surface area contributed by atoms with Gasteiger partial charge in [0.2, 0.25) is 5.91 Å². The van der Waals surface area contributed by atoms with Crippen molar-refractivity contribution in [2.75, 3.05) is 6.54 Å². The molecule has 1 aliphatic heterocycles. The Morgan fingerprint density at radius 1 is 1.54 bits per heavy atom. The zero-order chi connectivity index (χ0) is 10.0. The summed E-state index contributed by atoms with van der Waals surface area (Å²) in [5, 5.41) is 0. The molecule has 1 aliphatic rings. The lowest BCUT2D eigenvalue weighted by molar-refractivity contribution is -0.130. The van der Waals surface area contributed by atoms with Crippen LogP contribution in [0.25, 0.3) is 0 Å². The summed E-state index contributed by atoms with van der Waals surface area (Å²) in [6.07, 6.45) is 2.55. The third-order valence-electron chi connectivity index (χ3n) is 2.98. The first-order valence-corrected chi connectivity index (χ1v) is 4.98. The lowest BCUT2D eigenvalue weighted by Crippen LogP contribution is -2.37. The number of likely N-dealkylation sites (tertiary alicyclic amines) is 1. The molecule has 1 heterocycles. The summed E-state index contributed by atoms with van der Waals surface area (Å²) < 4.78 is 0. The molecule has 1 rings (SSSR count). The Morgan fingerprint density at radius 3 is 2.54 bits per heavy atom. The zero-order valence-corrected chi connectivity index (χ0v) is 8.79. The van der Waals surface area contributed by atoms with Gasteiger partial charge in [-0.25, -0.2) is 0 Å². The van der Waals surface area contributed by atoms with Crippen LogP contribution in [0.4, 0.5) is 0 Å². The predicted octanol–water partition coefficient (Wildman–Crippen LogP) is 2.07. The summed E-state index contributed by atoms with van der Waals surface area (Å²) >= 11 is 0. The highest BCUT2D eigenvalue weighted by atomic mass is 16.2. The molecule has 0 N–H and O–H groups in total. The van der Waals surface area contributed by atoms with Gasteiger partial charge < -0.3 is 4.90 Å². The standard InChI is InChI=1S/C11H19NO/c1-5-10-6-11(13)12(7-10)9(4)8(2)3/h5,8-10H,1,6-7H2,2-4H3. The van der Waals surface area contributed by atoms with E-state index < -0.39 is 0 Å². The number of rotatable bonds is 3. The van der Waals surface area contributed by atoms with Gasteiger partial charge in [0.25, 0.3) is 0 Å². The second kappa shape index (κ2) is 3.95. The van der Waals surface area contributed by atoms with Crippen LogP contribution in [-0.4, -0.2) is 23.4 Å². The maximum absolute atomic E-state index is 11.6. The molecule has 1 fully saturated rings. The SMILES string of the molecule is C=CC1CC(=O)N(C(C)C(C)C)C1. The number of hydrogen-bond donors (Lipinski definition) is 0. The smallest absolute Gasteiger partial charge is 0.223 e. The zero-order valence-electron chi connectivity index (χ0n) is 8.79. The van der Waals surface area contributed by atoms with E-state index >= 15 is 0 Å². The van der Waals surface area contributed by atoms with Crippen molar-refractivity contribution in [1.82, 2.24) is 4.90 Å². The molecule has 2 atom stereocenters. The van der Waals surface area contributed by atoms with Crippen LogP contribution in [0.15, 0.2) is 12.7 Å². The monoisotopic (exact) mass is 181 g/mol. The number of hydrogen-bond acceptors (Lipinski definition) is 1. The molecule has 2 nitrogen and oxygen atoms in total. The van der Waals surface area contributed by atoms with E-state index in [0.717, 1.165) is 6.54 Å². The largest absolute Gasteiger partial charge is 0.339 e. The number of nitrogens with zero attached hydrogens (tertiary/aromatic N) is 1. The van der Waals surface area contributed by atoms with Crippen LogP contribution in [0.2, 0.25) is 0 Å². The number of amides is 1. The highest BCUT2D eigenvalue weighted by Crippen LogP contribution is 2.23. The van der Waals surface area contributed by atoms with Gasteiger partial charge in [0, 0.05) is 24.9 Å². The molecule has 2 unspecified atom stereocenters. The van der Waals surface area contributed by atoms with Crippen molar-refractivity contribution in [3.05, 3.63) is 12.7 Å². The van der Waals surface area contributed by atoms with Gasteiger partial charge in [-0.1, -0.05) is 19.9 Å². The Bertz CT molecular complexity index is 210. The molecule has 0 saturated carbocycles. The second-order valence-corrected chi connectivity index (χ2v) is 4.23. The quantitative estimate of drug-likeness (QED) is 0.610. The van der Waals surface area contributed by atoms with E-state index in [2.05, 4.69) is 27.4 Å². The first kappa shape index (κ1) is 10.3. The Hall–Kier alpha value is -0.790. The molecule has 13 heavy (non-hydrogen) atoms. The molecule has 0 aromatic heterocycles. The maximum Gasteiger partial charge on any atom is 0.223 e. The van der Waals surface area contributed by atoms with Gasteiger partial charge in [0.1, 0.15) is 0 Å². The van der Waals surface area contributed by atoms with Crippen LogP contribution >= 0.6 is 0 Å². The third kappa shape index (κ3) is 2.11. The molecule has 2 heteroatoms. The predicted molar refractivity (Wildman–Crippen MR) is 54.3 cm³/mol. The lowest BCUT2D eigenvalue weighted by atomic mass is 10.1. The molecular weight excluding hydrogens is 162 g/mol. The molecule has 0 aliphatic carbocycles. The second-order valence-electron chi connectivity index (χ2n) is 4.23. The number of carbonyl (C=O) groups is 1. The van der Waals surface area contributed by atoms with Crippen molar-refractivity contribution >= 4 is 5.91 Å². The van der Waals surface area contributed by atoms with Crippen molar-refractivity contribution in [1.29, 1.82) is 0 Å². The third-order valence-corrected chi connectivity index (χ3v) is 2.98. The van der Waals surface area contributed by atoms with Crippen molar-refractivity contribution in [2.45, 2.75) is 33.2 Å². The van der Waals surface area contributed by atoms with E-state index in [1.54, 1.807) is 0 Å². The van der Waals surface area contributed by atoms with Crippen LogP contribution in [0, 0.1) is 11.8 Å². The average Bonchev–Trinajstić information content (AvgIpc) is 2.45. The van der Waals surface area contributed by atoms with E-state index in [4.69, 9.17) is 0 Å². The molecule has 0 aromatic rings. The van der Waals surface area contributed by atoms with Crippen molar-refractivity contribution in [2.24, 2.45) is 11.8 Å². The van der Waals surface area contributed by atoms with Gasteiger partial charge in [-0.05, 0) is 12.8 Å². The van der Waals surface area contributed by atoms with Crippen molar-refractivity contribution in [3.63, 3.8) is 0 Å². The average molecular weight is 181 g/mol. The summed E-state index contributed by atoms with van der Waals surface area (Å²) in [5.74, 6) is 1.19. The lowest BCUT2D eigenvalue weighted by Gasteiger charge is -2.27. The fourth-order valence-electron chi connectivity index (χ4n) is 1.67. The van der Waals surface area contributed by atoms with E-state index in [9.17, 15) is 4.79 Å². The van der Waals surface area contributed by atoms with Crippen molar-refractivity contribution in [3.8, 4) is 0 Å². The summed E-state index contributed by atoms with van der Waals surface area (Å²) in [7, 11) is 0. The minimum Gasteiger partial charge on any atom is -0.339 e. The fraction of sp³-hybridized carbons (Fsp3) is 0.727. The van der Waals surface area contributed by atoms with Crippen LogP contribution in [0.5, 0.6) is 0 Å². The van der Waals surface area contributed by atoms with Crippen LogP contribution < -0.4 is 0 Å². The highest BCUT2D eigenvalue weighted by molar-refractivity contribution is 5.79. The van der Waals surface area contributed by atoms with Gasteiger partial charge in [0.15, 0.2) is 0 Å². The Balaban J connectivity index is 2.61. The van der Waals surface area contributed by atoms with E-state index in [1.165, 1.54) is 0 Å². The normalized spacial score (nSPS) is 25.4. The van der Waals surface area contributed by atoms with Crippen LogP contribution in [-0.2, 0) is 4.79 Å². The minimum atomic E-state index is 0.283. The molecule has 1 amide bonds. The first-order valence-electron chi connectivity index (χ1n) is 4.98. The fourth-order valence-corrected chi connectivity index (χ4v) is 1.67. The van der Waals surface area contributed by atoms with E-state index in [1.807, 2.05) is 11.0 Å². The topological polar surface area (TPSA) is 20.3 Å². The van der Waals surface area contributed by atoms with Gasteiger partial charge in [-0.2, -0.15) is 0 Å². The van der Waals surface area contributed by atoms with E-state index in [-0.39, 0.29) is 5.91 Å². The molecular formula is C11H19NO. The minimum absolute atomic E-state index is 0.283. The molecule has 74 valence electrons. The highest BCUT2D eigenvalue weighted by Gasteiger charge is 2.31. The summed E-state index contributed by atoms with van der Waals surface area (Å²) in [5.41, 5.74) is 0. The Labute approximate surface area is 80.6 Å². The van der Waals surface area contributed by atoms with Gasteiger partial charge in [-0.3, -0.25) is 4.79 Å². The molecule has 1 saturated heterocycles. The van der Waals surface area contributed by atoms with Crippen molar-refractivity contribution < 1.29 is 4.79 Å². The van der Waals surface area contributed by atoms with Gasteiger partial charge in [0.05, 0.1) is 0 Å². The maximum atomic E-state index is 11.6. The van der Waals surface area contributed by atoms with Gasteiger partial charge in [-0.15, -0.1) is 6.58 Å². The summed E-state index contributed by atoms with van der Waals surface area (Å²) in [4.78, 5) is 13.6.